The maximum absolute atomic E-state index is 13.1. The zero-order chi connectivity index (χ0) is 14.1. The Morgan fingerprint density at radius 1 is 1.26 bits per heavy atom. The predicted octanol–water partition coefficient (Wildman–Crippen LogP) is 2.71. The van der Waals surface area contributed by atoms with Gasteiger partial charge in [0.2, 0.25) is 0 Å². The van der Waals surface area contributed by atoms with Crippen molar-refractivity contribution in [2.75, 3.05) is 20.3 Å². The highest BCUT2D eigenvalue weighted by molar-refractivity contribution is 5.41. The SMILES string of the molecule is COc1ccc(C2(O)CCOCC2)c(C(F)(F)F)c1. The van der Waals surface area contributed by atoms with Crippen LogP contribution in [0.5, 0.6) is 5.75 Å². The summed E-state index contributed by atoms with van der Waals surface area (Å²) in [6, 6.07) is 3.63. The molecule has 0 amide bonds. The van der Waals surface area contributed by atoms with Crippen LogP contribution >= 0.6 is 0 Å². The maximum atomic E-state index is 13.1. The van der Waals surface area contributed by atoms with Crippen molar-refractivity contribution in [1.29, 1.82) is 0 Å². The molecule has 0 spiro atoms. The molecular weight excluding hydrogens is 261 g/mol. The van der Waals surface area contributed by atoms with Crippen LogP contribution in [0, 0.1) is 0 Å². The van der Waals surface area contributed by atoms with E-state index >= 15 is 0 Å². The van der Waals surface area contributed by atoms with Gasteiger partial charge in [-0.05, 0) is 17.7 Å². The van der Waals surface area contributed by atoms with Crippen LogP contribution in [0.2, 0.25) is 0 Å². The van der Waals surface area contributed by atoms with Crippen LogP contribution in [0.3, 0.4) is 0 Å². The van der Waals surface area contributed by atoms with Crippen LogP contribution in [0.15, 0.2) is 18.2 Å². The number of ether oxygens (including phenoxy) is 2. The second kappa shape index (κ2) is 5.02. The average Bonchev–Trinajstić information content (AvgIpc) is 2.38. The van der Waals surface area contributed by atoms with E-state index < -0.39 is 17.3 Å². The number of rotatable bonds is 2. The van der Waals surface area contributed by atoms with Crippen LogP contribution < -0.4 is 4.74 Å². The molecule has 1 N–H and O–H groups in total. The van der Waals surface area contributed by atoms with E-state index in [0.29, 0.717) is 0 Å². The zero-order valence-electron chi connectivity index (χ0n) is 10.5. The Labute approximate surface area is 108 Å². The molecule has 3 nitrogen and oxygen atoms in total. The third kappa shape index (κ3) is 2.84. The van der Waals surface area contributed by atoms with Crippen LogP contribution in [-0.4, -0.2) is 25.4 Å². The van der Waals surface area contributed by atoms with Crippen molar-refractivity contribution >= 4 is 0 Å². The van der Waals surface area contributed by atoms with Gasteiger partial charge in [0, 0.05) is 26.1 Å². The second-order valence-electron chi connectivity index (χ2n) is 4.55. The monoisotopic (exact) mass is 276 g/mol. The van der Waals surface area contributed by atoms with Crippen molar-refractivity contribution in [3.05, 3.63) is 29.3 Å². The Kier molecular flexibility index (Phi) is 3.73. The van der Waals surface area contributed by atoms with Gasteiger partial charge in [-0.3, -0.25) is 0 Å². The average molecular weight is 276 g/mol. The largest absolute Gasteiger partial charge is 0.497 e. The molecule has 1 aromatic rings. The molecule has 1 aliphatic heterocycles. The number of alkyl halides is 3. The van der Waals surface area contributed by atoms with Gasteiger partial charge in [-0.2, -0.15) is 13.2 Å². The lowest BCUT2D eigenvalue weighted by Gasteiger charge is -2.34. The number of halogens is 3. The minimum absolute atomic E-state index is 0.107. The molecule has 1 aromatic carbocycles. The summed E-state index contributed by atoms with van der Waals surface area (Å²) in [6.07, 6.45) is -4.22. The number of hydrogen-bond donors (Lipinski definition) is 1. The molecule has 1 fully saturated rings. The number of hydrogen-bond acceptors (Lipinski definition) is 3. The highest BCUT2D eigenvalue weighted by atomic mass is 19.4. The van der Waals surface area contributed by atoms with Gasteiger partial charge in [0.05, 0.1) is 18.3 Å². The van der Waals surface area contributed by atoms with Crippen molar-refractivity contribution in [2.24, 2.45) is 0 Å². The van der Waals surface area contributed by atoms with Crippen LogP contribution in [0.25, 0.3) is 0 Å². The van der Waals surface area contributed by atoms with E-state index in [1.54, 1.807) is 0 Å². The van der Waals surface area contributed by atoms with E-state index in [0.717, 1.165) is 6.07 Å². The first-order chi connectivity index (χ1) is 8.87. The lowest BCUT2D eigenvalue weighted by Crippen LogP contribution is -2.35. The van der Waals surface area contributed by atoms with Crippen molar-refractivity contribution in [1.82, 2.24) is 0 Å². The summed E-state index contributed by atoms with van der Waals surface area (Å²) >= 11 is 0. The first-order valence-corrected chi connectivity index (χ1v) is 5.93. The summed E-state index contributed by atoms with van der Waals surface area (Å²) in [7, 11) is 1.30. The molecule has 0 aromatic heterocycles. The lowest BCUT2D eigenvalue weighted by atomic mass is 9.83. The van der Waals surface area contributed by atoms with Crippen molar-refractivity contribution < 1.29 is 27.8 Å². The molecule has 0 aliphatic carbocycles. The predicted molar refractivity (Wildman–Crippen MR) is 61.9 cm³/mol. The summed E-state index contributed by atoms with van der Waals surface area (Å²) in [5, 5.41) is 10.4. The Bertz CT molecular complexity index is 451. The van der Waals surface area contributed by atoms with E-state index in [2.05, 4.69) is 0 Å². The molecule has 0 radical (unpaired) electrons. The summed E-state index contributed by atoms with van der Waals surface area (Å²) < 4.78 is 49.2. The van der Waals surface area contributed by atoms with E-state index in [9.17, 15) is 18.3 Å². The standard InChI is InChI=1S/C13H15F3O3/c1-18-9-2-3-10(11(8-9)13(14,15)16)12(17)4-6-19-7-5-12/h2-3,8,17H,4-7H2,1H3. The van der Waals surface area contributed by atoms with Crippen molar-refractivity contribution in [3.63, 3.8) is 0 Å². The van der Waals surface area contributed by atoms with Gasteiger partial charge in [-0.15, -0.1) is 0 Å². The van der Waals surface area contributed by atoms with Gasteiger partial charge in [0.15, 0.2) is 0 Å². The molecule has 0 unspecified atom stereocenters. The topological polar surface area (TPSA) is 38.7 Å². The molecule has 19 heavy (non-hydrogen) atoms. The smallest absolute Gasteiger partial charge is 0.416 e. The number of benzene rings is 1. The summed E-state index contributed by atoms with van der Waals surface area (Å²) in [5.74, 6) is 0.117. The molecule has 106 valence electrons. The fraction of sp³-hybridized carbons (Fsp3) is 0.538. The Hall–Kier alpha value is -1.27. The minimum atomic E-state index is -4.53. The fourth-order valence-electron chi connectivity index (χ4n) is 2.27. The van der Waals surface area contributed by atoms with E-state index in [4.69, 9.17) is 9.47 Å². The molecule has 1 heterocycles. The normalized spacial score (nSPS) is 19.2. The first kappa shape index (κ1) is 14.1. The summed E-state index contributed by atoms with van der Waals surface area (Å²) in [6.45, 7) is 0.500. The Morgan fingerprint density at radius 3 is 2.42 bits per heavy atom. The minimum Gasteiger partial charge on any atom is -0.497 e. The summed E-state index contributed by atoms with van der Waals surface area (Å²) in [5.41, 5.74) is -2.45. The van der Waals surface area contributed by atoms with Crippen LogP contribution in [0.4, 0.5) is 13.2 Å². The lowest BCUT2D eigenvalue weighted by molar-refractivity contribution is -0.143. The molecule has 1 saturated heterocycles. The van der Waals surface area contributed by atoms with Crippen molar-refractivity contribution in [2.45, 2.75) is 24.6 Å². The van der Waals surface area contributed by atoms with Crippen molar-refractivity contribution in [3.8, 4) is 5.75 Å². The third-order valence-electron chi connectivity index (χ3n) is 3.35. The molecule has 0 atom stereocenters. The second-order valence-corrected chi connectivity index (χ2v) is 4.55. The third-order valence-corrected chi connectivity index (χ3v) is 3.35. The van der Waals surface area contributed by atoms with Crippen LogP contribution in [0.1, 0.15) is 24.0 Å². The van der Waals surface area contributed by atoms with Gasteiger partial charge in [0.25, 0.3) is 0 Å². The quantitative estimate of drug-likeness (QED) is 0.902. The molecule has 2 rings (SSSR count). The summed E-state index contributed by atoms with van der Waals surface area (Å²) in [4.78, 5) is 0. The maximum Gasteiger partial charge on any atom is 0.416 e. The van der Waals surface area contributed by atoms with E-state index in [1.807, 2.05) is 0 Å². The number of methoxy groups -OCH3 is 1. The molecule has 6 heteroatoms. The Balaban J connectivity index is 2.49. The molecule has 0 bridgehead atoms. The molecule has 0 saturated carbocycles. The molecule has 1 aliphatic rings. The fourth-order valence-corrected chi connectivity index (χ4v) is 2.27. The highest BCUT2D eigenvalue weighted by Crippen LogP contribution is 2.42. The highest BCUT2D eigenvalue weighted by Gasteiger charge is 2.41. The van der Waals surface area contributed by atoms with Gasteiger partial charge >= 0.3 is 6.18 Å². The molecular formula is C13H15F3O3. The van der Waals surface area contributed by atoms with E-state index in [-0.39, 0.29) is 37.4 Å². The van der Waals surface area contributed by atoms with Gasteiger partial charge in [0.1, 0.15) is 5.75 Å². The Morgan fingerprint density at radius 2 is 1.89 bits per heavy atom. The first-order valence-electron chi connectivity index (χ1n) is 5.93. The van der Waals surface area contributed by atoms with Gasteiger partial charge in [-0.25, -0.2) is 0 Å². The van der Waals surface area contributed by atoms with Gasteiger partial charge in [-0.1, -0.05) is 6.07 Å². The zero-order valence-corrected chi connectivity index (χ0v) is 10.5. The van der Waals surface area contributed by atoms with Crippen LogP contribution in [-0.2, 0) is 16.5 Å². The van der Waals surface area contributed by atoms with E-state index in [1.165, 1.54) is 19.2 Å². The number of aliphatic hydroxyl groups is 1. The van der Waals surface area contributed by atoms with Gasteiger partial charge < -0.3 is 14.6 Å².